The van der Waals surface area contributed by atoms with E-state index in [-0.39, 0.29) is 0 Å². The second-order valence-electron chi connectivity index (χ2n) is 3.94. The van der Waals surface area contributed by atoms with Gasteiger partial charge in [-0.1, -0.05) is 0 Å². The van der Waals surface area contributed by atoms with Crippen molar-refractivity contribution in [1.29, 1.82) is 0 Å². The molecule has 1 unspecified atom stereocenters. The zero-order valence-corrected chi connectivity index (χ0v) is 9.74. The number of nitrogens with two attached hydrogens (primary N) is 1. The van der Waals surface area contributed by atoms with Crippen LogP contribution in [-0.4, -0.2) is 19.8 Å². The molecule has 1 aliphatic rings. The lowest BCUT2D eigenvalue weighted by molar-refractivity contribution is 0.137. The van der Waals surface area contributed by atoms with Gasteiger partial charge >= 0.3 is 0 Å². The average molecular weight is 241 g/mol. The summed E-state index contributed by atoms with van der Waals surface area (Å²) in [5.41, 5.74) is 1.45. The molecule has 0 fully saturated rings. The van der Waals surface area contributed by atoms with Crippen molar-refractivity contribution in [3.63, 3.8) is 0 Å². The van der Waals surface area contributed by atoms with Gasteiger partial charge in [-0.25, -0.2) is 10.3 Å². The first-order valence-corrected chi connectivity index (χ1v) is 5.60. The van der Waals surface area contributed by atoms with Crippen LogP contribution in [0.15, 0.2) is 12.1 Å². The van der Waals surface area contributed by atoms with Crippen molar-refractivity contribution in [3.8, 4) is 11.5 Å². The Hall–Kier alpha value is -1.33. The van der Waals surface area contributed by atoms with Gasteiger partial charge in [0.25, 0.3) is 0 Å². The number of fused-ring (bicyclic) bond motifs is 1. The van der Waals surface area contributed by atoms with Crippen LogP contribution < -0.4 is 15.4 Å². The lowest BCUT2D eigenvalue weighted by Crippen LogP contribution is -2.17. The van der Waals surface area contributed by atoms with Crippen molar-refractivity contribution in [3.05, 3.63) is 23.3 Å². The fourth-order valence-electron chi connectivity index (χ4n) is 1.83. The second kappa shape index (κ2) is 5.33. The Bertz CT molecular complexity index is 396. The largest absolute Gasteiger partial charge is 0.486 e. The minimum Gasteiger partial charge on any atom is -0.486 e. The molecule has 5 heteroatoms. The smallest absolute Gasteiger partial charge is 0.164 e. The third-order valence-electron chi connectivity index (χ3n) is 2.69. The molecular formula is C12H16FNO3. The maximum atomic E-state index is 13.4. The SMILES string of the molecule is CC(F)c1cc(CCON)c2c(c1)OCCO2. The Morgan fingerprint density at radius 1 is 1.41 bits per heavy atom. The second-order valence-corrected chi connectivity index (χ2v) is 3.94. The van der Waals surface area contributed by atoms with E-state index in [1.807, 2.05) is 0 Å². The van der Waals surface area contributed by atoms with E-state index >= 15 is 0 Å². The Labute approximate surface area is 99.4 Å². The Morgan fingerprint density at radius 2 is 2.18 bits per heavy atom. The highest BCUT2D eigenvalue weighted by atomic mass is 19.1. The lowest BCUT2D eigenvalue weighted by Gasteiger charge is -2.22. The van der Waals surface area contributed by atoms with Crippen LogP contribution in [0.2, 0.25) is 0 Å². The monoisotopic (exact) mass is 241 g/mol. The summed E-state index contributed by atoms with van der Waals surface area (Å²) >= 11 is 0. The van der Waals surface area contributed by atoms with Crippen LogP contribution in [0.1, 0.15) is 24.2 Å². The summed E-state index contributed by atoms with van der Waals surface area (Å²) in [6.45, 7) is 2.85. The summed E-state index contributed by atoms with van der Waals surface area (Å²) in [7, 11) is 0. The standard InChI is InChI=1S/C12H16FNO3/c1-8(13)10-6-9(2-3-17-14)12-11(7-10)15-4-5-16-12/h6-8H,2-5,14H2,1H3. The highest BCUT2D eigenvalue weighted by Gasteiger charge is 2.19. The van der Waals surface area contributed by atoms with Crippen LogP contribution in [-0.2, 0) is 11.3 Å². The van der Waals surface area contributed by atoms with E-state index in [0.29, 0.717) is 43.3 Å². The molecule has 0 amide bonds. The topological polar surface area (TPSA) is 53.7 Å². The first-order chi connectivity index (χ1) is 8.22. The van der Waals surface area contributed by atoms with E-state index in [0.717, 1.165) is 5.56 Å². The highest BCUT2D eigenvalue weighted by Crippen LogP contribution is 2.37. The molecule has 4 nitrogen and oxygen atoms in total. The number of halogens is 1. The van der Waals surface area contributed by atoms with E-state index in [2.05, 4.69) is 4.84 Å². The molecule has 0 radical (unpaired) electrons. The number of alkyl halides is 1. The molecule has 1 atom stereocenters. The van der Waals surface area contributed by atoms with Gasteiger partial charge in [0.15, 0.2) is 11.5 Å². The Balaban J connectivity index is 2.35. The van der Waals surface area contributed by atoms with Gasteiger partial charge in [-0.15, -0.1) is 0 Å². The van der Waals surface area contributed by atoms with Gasteiger partial charge in [0.2, 0.25) is 0 Å². The zero-order chi connectivity index (χ0) is 12.3. The first kappa shape index (κ1) is 12.1. The summed E-state index contributed by atoms with van der Waals surface area (Å²) < 4.78 is 24.4. The van der Waals surface area contributed by atoms with Crippen LogP contribution in [0.5, 0.6) is 11.5 Å². The summed E-state index contributed by atoms with van der Waals surface area (Å²) in [4.78, 5) is 4.55. The minimum absolute atomic E-state index is 0.361. The number of hydrogen-bond donors (Lipinski definition) is 1. The zero-order valence-electron chi connectivity index (χ0n) is 9.74. The van der Waals surface area contributed by atoms with E-state index in [1.54, 1.807) is 12.1 Å². The first-order valence-electron chi connectivity index (χ1n) is 5.60. The molecule has 1 aliphatic heterocycles. The Morgan fingerprint density at radius 3 is 2.88 bits per heavy atom. The molecule has 0 saturated heterocycles. The molecule has 0 spiro atoms. The lowest BCUT2D eigenvalue weighted by atomic mass is 10.0. The van der Waals surface area contributed by atoms with Crippen LogP contribution in [0.3, 0.4) is 0 Å². The normalized spacial score (nSPS) is 15.7. The van der Waals surface area contributed by atoms with Gasteiger partial charge < -0.3 is 14.3 Å². The Kier molecular flexibility index (Phi) is 3.81. The van der Waals surface area contributed by atoms with E-state index in [1.165, 1.54) is 6.92 Å². The van der Waals surface area contributed by atoms with Gasteiger partial charge in [0, 0.05) is 12.0 Å². The molecule has 94 valence electrons. The number of benzene rings is 1. The molecule has 1 aromatic carbocycles. The molecule has 17 heavy (non-hydrogen) atoms. The molecule has 2 N–H and O–H groups in total. The van der Waals surface area contributed by atoms with Gasteiger partial charge in [0.1, 0.15) is 19.4 Å². The van der Waals surface area contributed by atoms with E-state index in [4.69, 9.17) is 15.4 Å². The summed E-state index contributed by atoms with van der Waals surface area (Å²) in [6, 6.07) is 3.46. The maximum Gasteiger partial charge on any atom is 0.164 e. The molecule has 1 heterocycles. The maximum absolute atomic E-state index is 13.4. The third-order valence-corrected chi connectivity index (χ3v) is 2.69. The predicted molar refractivity (Wildman–Crippen MR) is 60.8 cm³/mol. The molecule has 0 aromatic heterocycles. The van der Waals surface area contributed by atoms with Crippen molar-refractivity contribution < 1.29 is 18.7 Å². The highest BCUT2D eigenvalue weighted by molar-refractivity contribution is 5.50. The third kappa shape index (κ3) is 2.68. The van der Waals surface area contributed by atoms with Crippen molar-refractivity contribution in [1.82, 2.24) is 0 Å². The average Bonchev–Trinajstić information content (AvgIpc) is 2.35. The molecule has 0 saturated carbocycles. The number of rotatable bonds is 4. The van der Waals surface area contributed by atoms with Gasteiger partial charge in [-0.2, -0.15) is 0 Å². The summed E-state index contributed by atoms with van der Waals surface area (Å²) in [6.07, 6.45) is -0.466. The van der Waals surface area contributed by atoms with E-state index in [9.17, 15) is 4.39 Å². The molecular weight excluding hydrogens is 225 g/mol. The minimum atomic E-state index is -1.04. The van der Waals surface area contributed by atoms with Crippen molar-refractivity contribution in [2.75, 3.05) is 19.8 Å². The number of ether oxygens (including phenoxy) is 2. The molecule has 2 rings (SSSR count). The van der Waals surface area contributed by atoms with Crippen LogP contribution in [0, 0.1) is 0 Å². The fourth-order valence-corrected chi connectivity index (χ4v) is 1.83. The van der Waals surface area contributed by atoms with Crippen LogP contribution in [0.25, 0.3) is 0 Å². The van der Waals surface area contributed by atoms with Crippen molar-refractivity contribution in [2.24, 2.45) is 5.90 Å². The fraction of sp³-hybridized carbons (Fsp3) is 0.500. The molecule has 0 aliphatic carbocycles. The summed E-state index contributed by atoms with van der Waals surface area (Å²) in [5, 5.41) is 0. The van der Waals surface area contributed by atoms with Crippen molar-refractivity contribution in [2.45, 2.75) is 19.5 Å². The van der Waals surface area contributed by atoms with Crippen molar-refractivity contribution >= 4 is 0 Å². The van der Waals surface area contributed by atoms with Gasteiger partial charge in [0.05, 0.1) is 6.61 Å². The van der Waals surface area contributed by atoms with Gasteiger partial charge in [-0.3, -0.25) is 0 Å². The van der Waals surface area contributed by atoms with Crippen LogP contribution in [0.4, 0.5) is 4.39 Å². The van der Waals surface area contributed by atoms with Crippen LogP contribution >= 0.6 is 0 Å². The predicted octanol–water partition coefficient (Wildman–Crippen LogP) is 1.92. The molecule has 1 aromatic rings. The summed E-state index contributed by atoms with van der Waals surface area (Å²) in [5.74, 6) is 6.28. The molecule has 0 bridgehead atoms. The quantitative estimate of drug-likeness (QED) is 0.818. The van der Waals surface area contributed by atoms with E-state index < -0.39 is 6.17 Å². The number of hydrogen-bond acceptors (Lipinski definition) is 4. The van der Waals surface area contributed by atoms with Gasteiger partial charge in [-0.05, 0) is 24.6 Å².